The maximum Gasteiger partial charge on any atom is 0.434 e. The molecule has 3 nitrogen and oxygen atoms in total. The molecule has 2 N–H and O–H groups in total. The molecule has 1 aromatic heterocycles. The van der Waals surface area contributed by atoms with Crippen molar-refractivity contribution in [1.29, 1.82) is 0 Å². The van der Waals surface area contributed by atoms with Crippen LogP contribution in [0, 0.1) is 0 Å². The normalized spacial score (nSPS) is 14.5. The molecule has 0 aromatic carbocycles. The van der Waals surface area contributed by atoms with E-state index >= 15 is 0 Å². The van der Waals surface area contributed by atoms with E-state index < -0.39 is 22.9 Å². The van der Waals surface area contributed by atoms with E-state index in [2.05, 4.69) is 5.10 Å². The number of aromatic nitrogens is 2. The van der Waals surface area contributed by atoms with E-state index in [1.807, 2.05) is 0 Å². The van der Waals surface area contributed by atoms with Gasteiger partial charge in [0, 0.05) is 13.1 Å². The second kappa shape index (κ2) is 3.43. The summed E-state index contributed by atoms with van der Waals surface area (Å²) in [4.78, 5) is 0. The van der Waals surface area contributed by atoms with E-state index in [1.165, 1.54) is 14.0 Å². The van der Waals surface area contributed by atoms with Gasteiger partial charge in [0.1, 0.15) is 0 Å². The monoisotopic (exact) mass is 227 g/mol. The minimum Gasteiger partial charge on any atom is -0.323 e. The second-order valence-corrected chi connectivity index (χ2v) is 3.34. The Morgan fingerprint density at radius 2 is 2.00 bits per heavy atom. The van der Waals surface area contributed by atoms with Gasteiger partial charge in [-0.1, -0.05) is 11.6 Å². The van der Waals surface area contributed by atoms with Gasteiger partial charge in [-0.25, -0.2) is 0 Å². The first-order chi connectivity index (χ1) is 6.25. The van der Waals surface area contributed by atoms with Gasteiger partial charge < -0.3 is 5.73 Å². The third-order valence-corrected chi connectivity index (χ3v) is 2.09. The van der Waals surface area contributed by atoms with Crippen molar-refractivity contribution in [2.75, 3.05) is 0 Å². The lowest BCUT2D eigenvalue weighted by Gasteiger charge is -2.06. The summed E-state index contributed by atoms with van der Waals surface area (Å²) in [6.45, 7) is 1.52. The molecular formula is C7H9ClF3N3. The predicted octanol–water partition coefficient (Wildman–Crippen LogP) is 2.11. The lowest BCUT2D eigenvalue weighted by molar-refractivity contribution is -0.143. The molecule has 1 heterocycles. The van der Waals surface area contributed by atoms with Crippen LogP contribution < -0.4 is 5.73 Å². The molecular weight excluding hydrogens is 219 g/mol. The highest BCUT2D eigenvalue weighted by Gasteiger charge is 2.39. The van der Waals surface area contributed by atoms with Crippen LogP contribution in [0.2, 0.25) is 5.02 Å². The van der Waals surface area contributed by atoms with Gasteiger partial charge in [0.2, 0.25) is 0 Å². The fraction of sp³-hybridized carbons (Fsp3) is 0.571. The highest BCUT2D eigenvalue weighted by Crippen LogP contribution is 2.37. The quantitative estimate of drug-likeness (QED) is 0.799. The average Bonchev–Trinajstić information content (AvgIpc) is 2.24. The molecule has 0 aliphatic heterocycles. The van der Waals surface area contributed by atoms with Crippen molar-refractivity contribution in [3.8, 4) is 0 Å². The van der Waals surface area contributed by atoms with Crippen LogP contribution in [-0.2, 0) is 13.2 Å². The van der Waals surface area contributed by atoms with Gasteiger partial charge >= 0.3 is 6.18 Å². The molecule has 0 amide bonds. The minimum atomic E-state index is -4.51. The highest BCUT2D eigenvalue weighted by molar-refractivity contribution is 6.32. The van der Waals surface area contributed by atoms with Crippen molar-refractivity contribution in [2.24, 2.45) is 12.8 Å². The number of hydrogen-bond donors (Lipinski definition) is 1. The average molecular weight is 228 g/mol. The SMILES string of the molecule is CC(N)c1nn(C)c(C(F)(F)F)c1Cl. The standard InChI is InChI=1S/C7H9ClF3N3/c1-3(12)5-4(8)6(7(9,10)11)14(2)13-5/h3H,12H2,1-2H3. The van der Waals surface area contributed by atoms with Gasteiger partial charge in [0.15, 0.2) is 5.69 Å². The summed E-state index contributed by atoms with van der Waals surface area (Å²) in [5.74, 6) is 0. The Kier molecular flexibility index (Phi) is 2.78. The Hall–Kier alpha value is -0.750. The van der Waals surface area contributed by atoms with Gasteiger partial charge in [0.25, 0.3) is 0 Å². The van der Waals surface area contributed by atoms with Crippen molar-refractivity contribution in [1.82, 2.24) is 9.78 Å². The lowest BCUT2D eigenvalue weighted by atomic mass is 10.2. The van der Waals surface area contributed by atoms with E-state index in [9.17, 15) is 13.2 Å². The Labute approximate surface area is 83.6 Å². The van der Waals surface area contributed by atoms with Crippen LogP contribution >= 0.6 is 11.6 Å². The van der Waals surface area contributed by atoms with E-state index in [0.717, 1.165) is 0 Å². The second-order valence-electron chi connectivity index (χ2n) is 2.96. The molecule has 1 rings (SSSR count). The molecule has 0 saturated carbocycles. The maximum atomic E-state index is 12.4. The zero-order valence-corrected chi connectivity index (χ0v) is 8.32. The molecule has 7 heteroatoms. The molecule has 0 fully saturated rings. The lowest BCUT2D eigenvalue weighted by Crippen LogP contribution is -2.12. The largest absolute Gasteiger partial charge is 0.434 e. The molecule has 0 saturated heterocycles. The van der Waals surface area contributed by atoms with E-state index in [1.54, 1.807) is 0 Å². The molecule has 0 radical (unpaired) electrons. The zero-order valence-electron chi connectivity index (χ0n) is 7.56. The molecule has 14 heavy (non-hydrogen) atoms. The van der Waals surface area contributed by atoms with Crippen LogP contribution in [0.15, 0.2) is 0 Å². The third-order valence-electron chi connectivity index (χ3n) is 1.71. The van der Waals surface area contributed by atoms with Crippen LogP contribution in [0.3, 0.4) is 0 Å². The molecule has 1 aromatic rings. The zero-order chi connectivity index (χ0) is 11.1. The van der Waals surface area contributed by atoms with Crippen LogP contribution in [-0.4, -0.2) is 9.78 Å². The Morgan fingerprint density at radius 1 is 1.50 bits per heavy atom. The number of nitrogens with two attached hydrogens (primary N) is 1. The van der Waals surface area contributed by atoms with Crippen LogP contribution in [0.25, 0.3) is 0 Å². The van der Waals surface area contributed by atoms with Crippen LogP contribution in [0.4, 0.5) is 13.2 Å². The first-order valence-corrected chi connectivity index (χ1v) is 4.18. The Balaban J connectivity index is 3.33. The number of aryl methyl sites for hydroxylation is 1. The molecule has 80 valence electrons. The number of rotatable bonds is 1. The molecule has 0 spiro atoms. The van der Waals surface area contributed by atoms with E-state index in [-0.39, 0.29) is 5.69 Å². The highest BCUT2D eigenvalue weighted by atomic mass is 35.5. The summed E-state index contributed by atoms with van der Waals surface area (Å²) in [6, 6.07) is -0.621. The Bertz CT molecular complexity index is 343. The summed E-state index contributed by atoms with van der Waals surface area (Å²) in [5, 5.41) is 3.19. The topological polar surface area (TPSA) is 43.8 Å². The number of alkyl halides is 3. The fourth-order valence-electron chi connectivity index (χ4n) is 1.12. The van der Waals surface area contributed by atoms with E-state index in [4.69, 9.17) is 17.3 Å². The molecule has 0 bridgehead atoms. The summed E-state index contributed by atoms with van der Waals surface area (Å²) >= 11 is 5.53. The number of hydrogen-bond acceptors (Lipinski definition) is 2. The maximum absolute atomic E-state index is 12.4. The molecule has 0 aliphatic carbocycles. The fourth-order valence-corrected chi connectivity index (χ4v) is 1.56. The van der Waals surface area contributed by atoms with E-state index in [0.29, 0.717) is 4.68 Å². The molecule has 0 aliphatic rings. The minimum absolute atomic E-state index is 0.0569. The summed E-state index contributed by atoms with van der Waals surface area (Å²) in [6.07, 6.45) is -4.51. The Morgan fingerprint density at radius 3 is 2.21 bits per heavy atom. The predicted molar refractivity (Wildman–Crippen MR) is 45.8 cm³/mol. The molecule has 1 unspecified atom stereocenters. The van der Waals surface area contributed by atoms with Gasteiger partial charge in [-0.05, 0) is 6.92 Å². The third kappa shape index (κ3) is 1.85. The summed E-state index contributed by atoms with van der Waals surface area (Å²) in [7, 11) is 1.18. The first kappa shape index (κ1) is 11.3. The van der Waals surface area contributed by atoms with Crippen molar-refractivity contribution >= 4 is 11.6 Å². The van der Waals surface area contributed by atoms with Crippen molar-refractivity contribution in [2.45, 2.75) is 19.1 Å². The van der Waals surface area contributed by atoms with Crippen LogP contribution in [0.5, 0.6) is 0 Å². The van der Waals surface area contributed by atoms with Gasteiger partial charge in [-0.3, -0.25) is 4.68 Å². The van der Waals surface area contributed by atoms with Gasteiger partial charge in [0.05, 0.1) is 10.7 Å². The summed E-state index contributed by atoms with van der Waals surface area (Å²) < 4.78 is 37.9. The van der Waals surface area contributed by atoms with Gasteiger partial charge in [-0.15, -0.1) is 0 Å². The van der Waals surface area contributed by atoms with Crippen molar-refractivity contribution in [3.05, 3.63) is 16.4 Å². The number of nitrogens with zero attached hydrogens (tertiary/aromatic N) is 2. The first-order valence-electron chi connectivity index (χ1n) is 3.80. The summed E-state index contributed by atoms with van der Waals surface area (Å²) in [5.41, 5.74) is 4.50. The van der Waals surface area contributed by atoms with Crippen molar-refractivity contribution < 1.29 is 13.2 Å². The number of halogens is 4. The van der Waals surface area contributed by atoms with Crippen LogP contribution in [0.1, 0.15) is 24.4 Å². The van der Waals surface area contributed by atoms with Gasteiger partial charge in [-0.2, -0.15) is 18.3 Å². The smallest absolute Gasteiger partial charge is 0.323 e. The molecule has 1 atom stereocenters. The van der Waals surface area contributed by atoms with Crippen molar-refractivity contribution in [3.63, 3.8) is 0 Å².